The quantitative estimate of drug-likeness (QED) is 0.798. The lowest BCUT2D eigenvalue weighted by Crippen LogP contribution is -1.91. The Bertz CT molecular complexity index is 767. The summed E-state index contributed by atoms with van der Waals surface area (Å²) in [6.07, 6.45) is 5.26. The molecule has 0 unspecified atom stereocenters. The van der Waals surface area contributed by atoms with Crippen LogP contribution in [-0.2, 0) is 12.8 Å². The number of benzene rings is 1. The number of aromatic nitrogens is 3. The van der Waals surface area contributed by atoms with Crippen LogP contribution >= 0.6 is 0 Å². The lowest BCUT2D eigenvalue weighted by atomic mass is 10.1. The standard InChI is InChI=1S/C16H14N4O/c1-2-13(10-14-12(1)5-8-18-14)16-19-15(20-21-16)9-11-3-6-17-7-4-11/h1-4,6-7,10,18H,5,8-9H2. The Morgan fingerprint density at radius 3 is 2.95 bits per heavy atom. The summed E-state index contributed by atoms with van der Waals surface area (Å²) in [4.78, 5) is 8.48. The second kappa shape index (κ2) is 5.01. The first kappa shape index (κ1) is 12.1. The van der Waals surface area contributed by atoms with E-state index >= 15 is 0 Å². The van der Waals surface area contributed by atoms with E-state index in [0.29, 0.717) is 18.1 Å². The zero-order valence-corrected chi connectivity index (χ0v) is 11.4. The van der Waals surface area contributed by atoms with Gasteiger partial charge in [0.05, 0.1) is 0 Å². The molecule has 4 rings (SSSR count). The molecule has 3 heterocycles. The molecule has 1 aliphatic rings. The first-order chi connectivity index (χ1) is 10.4. The van der Waals surface area contributed by atoms with Crippen LogP contribution in [0.4, 0.5) is 5.69 Å². The smallest absolute Gasteiger partial charge is 0.258 e. The highest BCUT2D eigenvalue weighted by molar-refractivity contribution is 5.66. The molecule has 1 aromatic carbocycles. The summed E-state index contributed by atoms with van der Waals surface area (Å²) in [5.74, 6) is 1.25. The van der Waals surface area contributed by atoms with Crippen molar-refractivity contribution in [2.45, 2.75) is 12.8 Å². The van der Waals surface area contributed by atoms with E-state index in [9.17, 15) is 0 Å². The van der Waals surface area contributed by atoms with Gasteiger partial charge in [0, 0.05) is 36.6 Å². The largest absolute Gasteiger partial charge is 0.384 e. The molecular weight excluding hydrogens is 264 g/mol. The van der Waals surface area contributed by atoms with Crippen LogP contribution in [0.15, 0.2) is 47.2 Å². The topological polar surface area (TPSA) is 63.8 Å². The van der Waals surface area contributed by atoms with Crippen LogP contribution < -0.4 is 5.32 Å². The first-order valence-electron chi connectivity index (χ1n) is 6.97. The van der Waals surface area contributed by atoms with E-state index in [2.05, 4.69) is 32.6 Å². The molecule has 104 valence electrons. The molecule has 0 radical (unpaired) electrons. The molecule has 0 bridgehead atoms. The van der Waals surface area contributed by atoms with E-state index in [-0.39, 0.29) is 0 Å². The van der Waals surface area contributed by atoms with Crippen molar-refractivity contribution in [3.63, 3.8) is 0 Å². The summed E-state index contributed by atoms with van der Waals surface area (Å²) in [5.41, 5.74) is 4.58. The number of nitrogens with zero attached hydrogens (tertiary/aromatic N) is 3. The number of pyridine rings is 1. The monoisotopic (exact) mass is 278 g/mol. The zero-order chi connectivity index (χ0) is 14.1. The predicted octanol–water partition coefficient (Wildman–Crippen LogP) is 2.69. The van der Waals surface area contributed by atoms with Gasteiger partial charge >= 0.3 is 0 Å². The minimum Gasteiger partial charge on any atom is -0.384 e. The molecule has 0 fully saturated rings. The second-order valence-corrected chi connectivity index (χ2v) is 5.10. The van der Waals surface area contributed by atoms with E-state index < -0.39 is 0 Å². The molecule has 21 heavy (non-hydrogen) atoms. The van der Waals surface area contributed by atoms with E-state index in [1.165, 1.54) is 11.3 Å². The van der Waals surface area contributed by atoms with Crippen LogP contribution in [0.3, 0.4) is 0 Å². The minimum atomic E-state index is 0.565. The molecule has 1 aliphatic heterocycles. The Kier molecular flexibility index (Phi) is 2.88. The predicted molar refractivity (Wildman–Crippen MR) is 79.0 cm³/mol. The van der Waals surface area contributed by atoms with Gasteiger partial charge in [0.2, 0.25) is 0 Å². The van der Waals surface area contributed by atoms with E-state index in [0.717, 1.165) is 24.1 Å². The molecule has 1 N–H and O–H groups in total. The highest BCUT2D eigenvalue weighted by atomic mass is 16.5. The van der Waals surface area contributed by atoms with Gasteiger partial charge in [0.25, 0.3) is 5.89 Å². The SMILES string of the molecule is c1cc(Cc2noc(-c3ccc4c(c3)NCC4)n2)ccn1. The van der Waals surface area contributed by atoms with Crippen molar-refractivity contribution in [2.75, 3.05) is 11.9 Å². The average molecular weight is 278 g/mol. The third kappa shape index (κ3) is 2.38. The van der Waals surface area contributed by atoms with Crippen molar-refractivity contribution in [1.29, 1.82) is 0 Å². The Balaban J connectivity index is 1.59. The van der Waals surface area contributed by atoms with Crippen molar-refractivity contribution in [1.82, 2.24) is 15.1 Å². The lowest BCUT2D eigenvalue weighted by molar-refractivity contribution is 0.424. The number of hydrogen-bond donors (Lipinski definition) is 1. The second-order valence-electron chi connectivity index (χ2n) is 5.10. The number of anilines is 1. The number of rotatable bonds is 3. The molecule has 5 nitrogen and oxygen atoms in total. The average Bonchev–Trinajstić information content (AvgIpc) is 3.16. The first-order valence-corrected chi connectivity index (χ1v) is 6.97. The summed E-state index contributed by atoms with van der Waals surface area (Å²) in [5, 5.41) is 7.41. The van der Waals surface area contributed by atoms with Gasteiger partial charge in [0.1, 0.15) is 0 Å². The number of hydrogen-bond acceptors (Lipinski definition) is 5. The Morgan fingerprint density at radius 1 is 1.14 bits per heavy atom. The Labute approximate surface area is 122 Å². The summed E-state index contributed by atoms with van der Waals surface area (Å²) >= 11 is 0. The minimum absolute atomic E-state index is 0.565. The van der Waals surface area contributed by atoms with Crippen molar-refractivity contribution in [3.8, 4) is 11.5 Å². The van der Waals surface area contributed by atoms with Gasteiger partial charge in [-0.15, -0.1) is 0 Å². The Morgan fingerprint density at radius 2 is 2.05 bits per heavy atom. The Hall–Kier alpha value is -2.69. The van der Waals surface area contributed by atoms with Crippen LogP contribution in [0, 0.1) is 0 Å². The molecule has 0 amide bonds. The zero-order valence-electron chi connectivity index (χ0n) is 11.4. The molecule has 0 saturated carbocycles. The molecule has 2 aromatic heterocycles. The molecule has 5 heteroatoms. The van der Waals surface area contributed by atoms with E-state index in [1.54, 1.807) is 12.4 Å². The van der Waals surface area contributed by atoms with E-state index in [4.69, 9.17) is 4.52 Å². The lowest BCUT2D eigenvalue weighted by Gasteiger charge is -2.00. The fourth-order valence-corrected chi connectivity index (χ4v) is 2.55. The van der Waals surface area contributed by atoms with Crippen LogP contribution in [-0.4, -0.2) is 21.7 Å². The van der Waals surface area contributed by atoms with Crippen LogP contribution in [0.25, 0.3) is 11.5 Å². The number of fused-ring (bicyclic) bond motifs is 1. The van der Waals surface area contributed by atoms with Gasteiger partial charge in [0.15, 0.2) is 5.82 Å². The van der Waals surface area contributed by atoms with Gasteiger partial charge in [-0.1, -0.05) is 11.2 Å². The normalized spacial score (nSPS) is 13.0. The van der Waals surface area contributed by atoms with Crippen molar-refractivity contribution in [3.05, 3.63) is 59.7 Å². The van der Waals surface area contributed by atoms with Crippen molar-refractivity contribution >= 4 is 5.69 Å². The van der Waals surface area contributed by atoms with Crippen molar-refractivity contribution < 1.29 is 4.52 Å². The summed E-state index contributed by atoms with van der Waals surface area (Å²) in [7, 11) is 0. The van der Waals surface area contributed by atoms with Gasteiger partial charge in [-0.2, -0.15) is 4.98 Å². The maximum absolute atomic E-state index is 5.38. The van der Waals surface area contributed by atoms with Gasteiger partial charge < -0.3 is 9.84 Å². The van der Waals surface area contributed by atoms with Crippen LogP contribution in [0.5, 0.6) is 0 Å². The molecule has 3 aromatic rings. The van der Waals surface area contributed by atoms with Crippen LogP contribution in [0.1, 0.15) is 17.0 Å². The maximum atomic E-state index is 5.38. The summed E-state index contributed by atoms with van der Waals surface area (Å²) in [6.45, 7) is 0.996. The third-order valence-electron chi connectivity index (χ3n) is 3.65. The summed E-state index contributed by atoms with van der Waals surface area (Å²) < 4.78 is 5.38. The van der Waals surface area contributed by atoms with Gasteiger partial charge in [-0.3, -0.25) is 4.98 Å². The molecule has 0 atom stereocenters. The summed E-state index contributed by atoms with van der Waals surface area (Å²) in [6, 6.07) is 10.1. The molecule has 0 spiro atoms. The highest BCUT2D eigenvalue weighted by Crippen LogP contribution is 2.28. The van der Waals surface area contributed by atoms with Crippen LogP contribution in [0.2, 0.25) is 0 Å². The molecule has 0 aliphatic carbocycles. The third-order valence-corrected chi connectivity index (χ3v) is 3.65. The van der Waals surface area contributed by atoms with Gasteiger partial charge in [-0.25, -0.2) is 0 Å². The molecule has 0 saturated heterocycles. The number of nitrogens with one attached hydrogen (secondary N) is 1. The highest BCUT2D eigenvalue weighted by Gasteiger charge is 2.14. The fraction of sp³-hybridized carbons (Fsp3) is 0.188. The molecular formula is C16H14N4O. The van der Waals surface area contributed by atoms with Gasteiger partial charge in [-0.05, 0) is 41.8 Å². The van der Waals surface area contributed by atoms with E-state index in [1.807, 2.05) is 18.2 Å². The van der Waals surface area contributed by atoms with Crippen molar-refractivity contribution in [2.24, 2.45) is 0 Å². The maximum Gasteiger partial charge on any atom is 0.258 e. The fourth-order valence-electron chi connectivity index (χ4n) is 2.55.